The van der Waals surface area contributed by atoms with Crippen LogP contribution < -0.4 is 0 Å². The SMILES string of the molecule is CCC1CC1N1CCC(=O)N2CCCCC2C1=O. The van der Waals surface area contributed by atoms with E-state index >= 15 is 0 Å². The summed E-state index contributed by atoms with van der Waals surface area (Å²) in [6.45, 7) is 3.61. The molecule has 1 saturated carbocycles. The van der Waals surface area contributed by atoms with Crippen LogP contribution in [0, 0.1) is 5.92 Å². The number of piperidine rings is 1. The van der Waals surface area contributed by atoms with Gasteiger partial charge in [0.05, 0.1) is 0 Å². The maximum absolute atomic E-state index is 12.6. The third kappa shape index (κ3) is 1.91. The topological polar surface area (TPSA) is 40.6 Å². The summed E-state index contributed by atoms with van der Waals surface area (Å²) in [5.41, 5.74) is 0. The van der Waals surface area contributed by atoms with E-state index in [9.17, 15) is 9.59 Å². The maximum atomic E-state index is 12.6. The molecule has 3 aliphatic rings. The number of carbonyl (C=O) groups is 2. The van der Waals surface area contributed by atoms with Gasteiger partial charge in [0, 0.05) is 25.6 Å². The van der Waals surface area contributed by atoms with Crippen LogP contribution in [-0.4, -0.2) is 46.8 Å². The molecule has 3 atom stereocenters. The van der Waals surface area contributed by atoms with Gasteiger partial charge in [-0.05, 0) is 31.6 Å². The van der Waals surface area contributed by atoms with Crippen molar-refractivity contribution >= 4 is 11.8 Å². The van der Waals surface area contributed by atoms with Crippen molar-refractivity contribution in [2.45, 2.75) is 57.5 Å². The molecule has 18 heavy (non-hydrogen) atoms. The molecule has 2 saturated heterocycles. The van der Waals surface area contributed by atoms with Gasteiger partial charge in [0.25, 0.3) is 0 Å². The first-order valence-electron chi connectivity index (χ1n) is 7.32. The van der Waals surface area contributed by atoms with Gasteiger partial charge in [-0.15, -0.1) is 0 Å². The van der Waals surface area contributed by atoms with Crippen molar-refractivity contribution < 1.29 is 9.59 Å². The summed E-state index contributed by atoms with van der Waals surface area (Å²) >= 11 is 0. The van der Waals surface area contributed by atoms with E-state index in [1.165, 1.54) is 0 Å². The average Bonchev–Trinajstić information content (AvgIpc) is 3.18. The van der Waals surface area contributed by atoms with Crippen molar-refractivity contribution in [2.75, 3.05) is 13.1 Å². The lowest BCUT2D eigenvalue weighted by Gasteiger charge is -2.34. The van der Waals surface area contributed by atoms with Crippen LogP contribution >= 0.6 is 0 Å². The molecule has 0 radical (unpaired) electrons. The monoisotopic (exact) mass is 250 g/mol. The van der Waals surface area contributed by atoms with Crippen LogP contribution in [0.15, 0.2) is 0 Å². The van der Waals surface area contributed by atoms with E-state index in [0.29, 0.717) is 24.9 Å². The van der Waals surface area contributed by atoms with Crippen molar-refractivity contribution in [3.05, 3.63) is 0 Å². The van der Waals surface area contributed by atoms with Gasteiger partial charge in [-0.1, -0.05) is 13.3 Å². The summed E-state index contributed by atoms with van der Waals surface area (Å²) in [5, 5.41) is 0. The zero-order valence-corrected chi connectivity index (χ0v) is 11.1. The number of fused-ring (bicyclic) bond motifs is 1. The standard InChI is InChI=1S/C14H22N2O2/c1-2-10-9-12(10)16-8-6-13(17)15-7-4-3-5-11(15)14(16)18/h10-12H,2-9H2,1H3. The average molecular weight is 250 g/mol. The highest BCUT2D eigenvalue weighted by Crippen LogP contribution is 2.40. The number of hydrogen-bond acceptors (Lipinski definition) is 2. The Labute approximate surface area is 108 Å². The Bertz CT molecular complexity index is 369. The van der Waals surface area contributed by atoms with Crippen LogP contribution in [0.3, 0.4) is 0 Å². The van der Waals surface area contributed by atoms with Gasteiger partial charge in [-0.25, -0.2) is 0 Å². The second kappa shape index (κ2) is 4.56. The van der Waals surface area contributed by atoms with Crippen LogP contribution in [-0.2, 0) is 9.59 Å². The van der Waals surface area contributed by atoms with Crippen LogP contribution in [0.1, 0.15) is 45.4 Å². The van der Waals surface area contributed by atoms with Crippen molar-refractivity contribution in [3.8, 4) is 0 Å². The third-order valence-electron chi connectivity index (χ3n) is 4.77. The fraction of sp³-hybridized carbons (Fsp3) is 0.857. The van der Waals surface area contributed by atoms with Crippen LogP contribution in [0.2, 0.25) is 0 Å². The smallest absolute Gasteiger partial charge is 0.245 e. The third-order valence-corrected chi connectivity index (χ3v) is 4.77. The maximum Gasteiger partial charge on any atom is 0.245 e. The zero-order valence-electron chi connectivity index (χ0n) is 11.1. The number of nitrogens with zero attached hydrogens (tertiary/aromatic N) is 2. The molecule has 1 aliphatic carbocycles. The van der Waals surface area contributed by atoms with E-state index in [2.05, 4.69) is 6.92 Å². The molecule has 2 aliphatic heterocycles. The van der Waals surface area contributed by atoms with Gasteiger partial charge in [0.2, 0.25) is 11.8 Å². The number of hydrogen-bond donors (Lipinski definition) is 0. The Balaban J connectivity index is 1.78. The first-order chi connectivity index (χ1) is 8.72. The van der Waals surface area contributed by atoms with Gasteiger partial charge >= 0.3 is 0 Å². The lowest BCUT2D eigenvalue weighted by atomic mass is 10.0. The molecule has 0 aromatic heterocycles. The minimum atomic E-state index is -0.146. The zero-order chi connectivity index (χ0) is 12.7. The second-order valence-electron chi connectivity index (χ2n) is 5.85. The lowest BCUT2D eigenvalue weighted by molar-refractivity contribution is -0.143. The van der Waals surface area contributed by atoms with Crippen LogP contribution in [0.4, 0.5) is 0 Å². The highest BCUT2D eigenvalue weighted by atomic mass is 16.2. The molecule has 3 fully saturated rings. The summed E-state index contributed by atoms with van der Waals surface area (Å²) in [7, 11) is 0. The first-order valence-corrected chi connectivity index (χ1v) is 7.32. The molecule has 3 rings (SSSR count). The predicted octanol–water partition coefficient (Wildman–Crippen LogP) is 1.40. The van der Waals surface area contributed by atoms with Crippen molar-refractivity contribution in [1.29, 1.82) is 0 Å². The van der Waals surface area contributed by atoms with Crippen LogP contribution in [0.25, 0.3) is 0 Å². The molecule has 4 nitrogen and oxygen atoms in total. The fourth-order valence-corrected chi connectivity index (χ4v) is 3.53. The van der Waals surface area contributed by atoms with E-state index < -0.39 is 0 Å². The van der Waals surface area contributed by atoms with Crippen LogP contribution in [0.5, 0.6) is 0 Å². The van der Waals surface area contributed by atoms with Gasteiger partial charge in [-0.3, -0.25) is 9.59 Å². The largest absolute Gasteiger partial charge is 0.337 e. The Hall–Kier alpha value is -1.06. The van der Waals surface area contributed by atoms with E-state index in [4.69, 9.17) is 0 Å². The van der Waals surface area contributed by atoms with Gasteiger partial charge < -0.3 is 9.80 Å². The summed E-state index contributed by atoms with van der Waals surface area (Å²) < 4.78 is 0. The number of amides is 2. The summed E-state index contributed by atoms with van der Waals surface area (Å²) in [6, 6.07) is 0.282. The van der Waals surface area contributed by atoms with Crippen molar-refractivity contribution in [1.82, 2.24) is 9.80 Å². The highest BCUT2D eigenvalue weighted by Gasteiger charge is 2.47. The summed E-state index contributed by atoms with van der Waals surface area (Å²) in [4.78, 5) is 28.5. The summed E-state index contributed by atoms with van der Waals surface area (Å²) in [5.74, 6) is 1.09. The molecular weight excluding hydrogens is 228 g/mol. The van der Waals surface area contributed by atoms with E-state index in [-0.39, 0.29) is 17.9 Å². The quantitative estimate of drug-likeness (QED) is 0.743. The Morgan fingerprint density at radius 1 is 1.17 bits per heavy atom. The molecule has 2 heterocycles. The molecule has 0 aromatic carbocycles. The van der Waals surface area contributed by atoms with E-state index in [1.807, 2.05) is 9.80 Å². The minimum Gasteiger partial charge on any atom is -0.337 e. The van der Waals surface area contributed by atoms with E-state index in [0.717, 1.165) is 38.6 Å². The molecule has 100 valence electrons. The number of rotatable bonds is 2. The molecule has 0 bridgehead atoms. The van der Waals surface area contributed by atoms with E-state index in [1.54, 1.807) is 0 Å². The predicted molar refractivity (Wildman–Crippen MR) is 67.9 cm³/mol. The number of carbonyl (C=O) groups excluding carboxylic acids is 2. The Morgan fingerprint density at radius 3 is 2.72 bits per heavy atom. The van der Waals surface area contributed by atoms with Crippen molar-refractivity contribution in [2.24, 2.45) is 5.92 Å². The molecule has 4 heteroatoms. The first kappa shape index (κ1) is 12.0. The molecule has 2 amide bonds. The highest BCUT2D eigenvalue weighted by molar-refractivity contribution is 5.90. The second-order valence-corrected chi connectivity index (χ2v) is 5.85. The molecule has 0 spiro atoms. The minimum absolute atomic E-state index is 0.146. The van der Waals surface area contributed by atoms with Gasteiger partial charge in [0.15, 0.2) is 0 Å². The molecular formula is C14H22N2O2. The molecule has 0 aromatic rings. The molecule has 3 unspecified atom stereocenters. The normalized spacial score (nSPS) is 36.4. The Morgan fingerprint density at radius 2 is 2.00 bits per heavy atom. The Kier molecular flexibility index (Phi) is 3.04. The van der Waals surface area contributed by atoms with Crippen molar-refractivity contribution in [3.63, 3.8) is 0 Å². The fourth-order valence-electron chi connectivity index (χ4n) is 3.53. The summed E-state index contributed by atoms with van der Waals surface area (Å²) in [6.07, 6.45) is 5.81. The lowest BCUT2D eigenvalue weighted by Crippen LogP contribution is -2.50. The molecule has 0 N–H and O–H groups in total. The van der Waals surface area contributed by atoms with Gasteiger partial charge in [-0.2, -0.15) is 0 Å². The van der Waals surface area contributed by atoms with Gasteiger partial charge in [0.1, 0.15) is 6.04 Å².